The summed E-state index contributed by atoms with van der Waals surface area (Å²) < 4.78 is 0. The molecule has 2 aliphatic rings. The predicted molar refractivity (Wildman–Crippen MR) is 94.8 cm³/mol. The smallest absolute Gasteiger partial charge is 0.172 e. The molecule has 118 valence electrons. The molecule has 0 radical (unpaired) electrons. The van der Waals surface area contributed by atoms with E-state index in [-0.39, 0.29) is 17.9 Å². The van der Waals surface area contributed by atoms with Crippen molar-refractivity contribution in [3.05, 3.63) is 0 Å². The lowest BCUT2D eigenvalue weighted by Crippen LogP contribution is -2.59. The van der Waals surface area contributed by atoms with E-state index in [0.29, 0.717) is 18.1 Å². The third-order valence-electron chi connectivity index (χ3n) is 3.81. The maximum Gasteiger partial charge on any atom is 0.172 e. The summed E-state index contributed by atoms with van der Waals surface area (Å²) in [5.41, 5.74) is 0.279. The van der Waals surface area contributed by atoms with Gasteiger partial charge in [-0.3, -0.25) is 9.80 Å². The van der Waals surface area contributed by atoms with E-state index in [4.69, 9.17) is 4.99 Å². The lowest BCUT2D eigenvalue weighted by molar-refractivity contribution is 0.0183. The summed E-state index contributed by atoms with van der Waals surface area (Å²) in [4.78, 5) is 12.1. The summed E-state index contributed by atoms with van der Waals surface area (Å²) >= 11 is 0. The Bertz CT molecular complexity index is 339. The largest absolute Gasteiger partial charge is 0.357 e. The highest BCUT2D eigenvalue weighted by molar-refractivity contribution is 8.82. The lowest BCUT2D eigenvalue weighted by atomic mass is 10.1. The Morgan fingerprint density at radius 3 is 2.15 bits per heavy atom. The number of halogens is 1. The van der Waals surface area contributed by atoms with Gasteiger partial charge in [-0.2, -0.15) is 0 Å². The van der Waals surface area contributed by atoms with Crippen molar-refractivity contribution in [2.45, 2.75) is 51.3 Å². The zero-order valence-electron chi connectivity index (χ0n) is 13.2. The van der Waals surface area contributed by atoms with Gasteiger partial charge in [0.25, 0.3) is 0 Å². The molecule has 0 amide bonds. The van der Waals surface area contributed by atoms with Crippen molar-refractivity contribution in [1.82, 2.24) is 14.7 Å². The van der Waals surface area contributed by atoms with E-state index in [1.165, 1.54) is 0 Å². The number of nitrogens with zero attached hydrogens (tertiary/aromatic N) is 4. The molecule has 1 fully saturated rings. The summed E-state index contributed by atoms with van der Waals surface area (Å²) in [5, 5.41) is 1.14. The quantitative estimate of drug-likeness (QED) is 0.720. The second-order valence-electron chi connectivity index (χ2n) is 6.00. The molecule has 0 aromatic carbocycles. The molecule has 0 bridgehead atoms. The predicted octanol–water partition coefficient (Wildman–Crippen LogP) is 2.81. The third kappa shape index (κ3) is 3.97. The highest BCUT2D eigenvalue weighted by Gasteiger charge is 2.37. The molecule has 2 rings (SSSR count). The van der Waals surface area contributed by atoms with Crippen molar-refractivity contribution in [3.63, 3.8) is 0 Å². The average Bonchev–Trinajstić information content (AvgIpc) is 2.77. The summed E-state index contributed by atoms with van der Waals surface area (Å²) in [6, 6.07) is 1.77. The van der Waals surface area contributed by atoms with Gasteiger partial charge in [0.1, 0.15) is 0 Å². The third-order valence-corrected chi connectivity index (χ3v) is 6.30. The standard InChI is InChI=1S/C13H26N4S2.ClH/c1-9(2)16-7-10(3)17(11(4)8-16)13-14-12(15(5)6)18-19-13;/h9-11,13H,7-8H2,1-6H3;1H. The van der Waals surface area contributed by atoms with Gasteiger partial charge >= 0.3 is 0 Å². The fourth-order valence-corrected chi connectivity index (χ4v) is 5.47. The van der Waals surface area contributed by atoms with E-state index in [1.54, 1.807) is 10.8 Å². The van der Waals surface area contributed by atoms with Gasteiger partial charge in [-0.05, 0) is 49.3 Å². The normalized spacial score (nSPS) is 32.1. The zero-order chi connectivity index (χ0) is 14.2. The van der Waals surface area contributed by atoms with Crippen LogP contribution < -0.4 is 0 Å². The van der Waals surface area contributed by atoms with Gasteiger partial charge in [0.15, 0.2) is 10.7 Å². The first-order valence-electron chi connectivity index (χ1n) is 7.00. The van der Waals surface area contributed by atoms with Crippen molar-refractivity contribution >= 4 is 39.2 Å². The van der Waals surface area contributed by atoms with Gasteiger partial charge in [-0.25, -0.2) is 4.99 Å². The Morgan fingerprint density at radius 2 is 1.75 bits per heavy atom. The summed E-state index contributed by atoms with van der Waals surface area (Å²) in [6.45, 7) is 11.5. The molecule has 0 aromatic heterocycles. The molecular weight excluding hydrogens is 312 g/mol. The fraction of sp³-hybridized carbons (Fsp3) is 0.923. The molecule has 0 spiro atoms. The zero-order valence-corrected chi connectivity index (χ0v) is 15.7. The molecule has 7 heteroatoms. The van der Waals surface area contributed by atoms with E-state index >= 15 is 0 Å². The molecular formula is C13H27ClN4S2. The van der Waals surface area contributed by atoms with Crippen LogP contribution in [0.3, 0.4) is 0 Å². The van der Waals surface area contributed by atoms with Gasteiger partial charge in [0.2, 0.25) is 0 Å². The molecule has 0 aliphatic carbocycles. The first kappa shape index (κ1) is 18.4. The van der Waals surface area contributed by atoms with E-state index < -0.39 is 0 Å². The van der Waals surface area contributed by atoms with Crippen molar-refractivity contribution in [2.24, 2.45) is 4.99 Å². The van der Waals surface area contributed by atoms with Gasteiger partial charge in [0, 0.05) is 45.3 Å². The van der Waals surface area contributed by atoms with Crippen LogP contribution in [0.4, 0.5) is 0 Å². The number of hydrogen-bond acceptors (Lipinski definition) is 6. The van der Waals surface area contributed by atoms with Crippen LogP contribution in [0.1, 0.15) is 27.7 Å². The Labute approximate surface area is 137 Å². The highest BCUT2D eigenvalue weighted by atomic mass is 35.5. The van der Waals surface area contributed by atoms with Crippen molar-refractivity contribution in [1.29, 1.82) is 0 Å². The Hall–Kier alpha value is 0.380. The van der Waals surface area contributed by atoms with Crippen LogP contribution in [0, 0.1) is 0 Å². The number of aliphatic imine (C=N–C) groups is 1. The van der Waals surface area contributed by atoms with Crippen LogP contribution in [-0.4, -0.2) is 70.7 Å². The number of rotatable bonds is 2. The Morgan fingerprint density at radius 1 is 1.20 bits per heavy atom. The van der Waals surface area contributed by atoms with Crippen LogP contribution in [-0.2, 0) is 0 Å². The van der Waals surface area contributed by atoms with Crippen LogP contribution in [0.25, 0.3) is 0 Å². The average molecular weight is 339 g/mol. The van der Waals surface area contributed by atoms with Crippen LogP contribution in [0.2, 0.25) is 0 Å². The highest BCUT2D eigenvalue weighted by Crippen LogP contribution is 2.40. The van der Waals surface area contributed by atoms with Gasteiger partial charge in [0.05, 0.1) is 0 Å². The first-order valence-corrected chi connectivity index (χ1v) is 9.21. The molecule has 3 atom stereocenters. The van der Waals surface area contributed by atoms with Gasteiger partial charge in [-0.15, -0.1) is 12.4 Å². The topological polar surface area (TPSA) is 22.1 Å². The first-order chi connectivity index (χ1) is 8.90. The van der Waals surface area contributed by atoms with Crippen molar-refractivity contribution in [3.8, 4) is 0 Å². The lowest BCUT2D eigenvalue weighted by Gasteiger charge is -2.47. The fourth-order valence-electron chi connectivity index (χ4n) is 2.76. The Balaban J connectivity index is 0.00000200. The maximum absolute atomic E-state index is 4.86. The molecule has 3 unspecified atom stereocenters. The monoisotopic (exact) mass is 338 g/mol. The molecule has 2 heterocycles. The molecule has 1 saturated heterocycles. The van der Waals surface area contributed by atoms with Crippen LogP contribution >= 0.6 is 34.0 Å². The van der Waals surface area contributed by atoms with E-state index in [9.17, 15) is 0 Å². The minimum atomic E-state index is 0. The molecule has 4 nitrogen and oxygen atoms in total. The summed E-state index contributed by atoms with van der Waals surface area (Å²) in [5.74, 6) is 0. The SMILES string of the molecule is CC(C)N1CC(C)N(C2N=C(N(C)C)SS2)C(C)C1.Cl. The van der Waals surface area contributed by atoms with Crippen molar-refractivity contribution in [2.75, 3.05) is 27.2 Å². The minimum absolute atomic E-state index is 0. The second-order valence-corrected chi connectivity index (χ2v) is 8.23. The number of piperazine rings is 1. The number of hydrogen-bond donors (Lipinski definition) is 0. The van der Waals surface area contributed by atoms with Gasteiger partial charge < -0.3 is 4.90 Å². The Kier molecular flexibility index (Phi) is 6.99. The molecule has 0 N–H and O–H groups in total. The van der Waals surface area contributed by atoms with E-state index in [2.05, 4.69) is 56.5 Å². The second kappa shape index (κ2) is 7.58. The maximum atomic E-state index is 4.86. The molecule has 2 aliphatic heterocycles. The van der Waals surface area contributed by atoms with E-state index in [1.807, 2.05) is 10.8 Å². The summed E-state index contributed by atoms with van der Waals surface area (Å²) in [7, 11) is 7.82. The van der Waals surface area contributed by atoms with Gasteiger partial charge in [-0.1, -0.05) is 0 Å². The molecule has 0 aromatic rings. The molecule has 0 saturated carbocycles. The van der Waals surface area contributed by atoms with Crippen LogP contribution in [0.15, 0.2) is 4.99 Å². The molecule has 20 heavy (non-hydrogen) atoms. The van der Waals surface area contributed by atoms with E-state index in [0.717, 1.165) is 18.3 Å². The number of amidine groups is 1. The van der Waals surface area contributed by atoms with Crippen molar-refractivity contribution < 1.29 is 0 Å². The minimum Gasteiger partial charge on any atom is -0.357 e. The summed E-state index contributed by atoms with van der Waals surface area (Å²) in [6.07, 6.45) is 0. The van der Waals surface area contributed by atoms with Crippen LogP contribution in [0.5, 0.6) is 0 Å².